The van der Waals surface area contributed by atoms with Gasteiger partial charge in [-0.1, -0.05) is 12.1 Å². The summed E-state index contributed by atoms with van der Waals surface area (Å²) in [6.45, 7) is 0.250. The minimum absolute atomic E-state index is 0.123. The van der Waals surface area contributed by atoms with Crippen molar-refractivity contribution in [3.8, 4) is 0 Å². The highest BCUT2D eigenvalue weighted by Gasteiger charge is 2.21. The van der Waals surface area contributed by atoms with Crippen molar-refractivity contribution in [3.63, 3.8) is 0 Å². The molecule has 1 aliphatic rings. The summed E-state index contributed by atoms with van der Waals surface area (Å²) >= 11 is 0. The zero-order valence-electron chi connectivity index (χ0n) is 9.30. The Labute approximate surface area is 98.4 Å². The first kappa shape index (κ1) is 11.2. The molecule has 0 unspecified atom stereocenters. The standard InChI is InChI=1S/C12H12N2O3/c1-14-7-8(6-11(15)16)13-10-5-3-2-4-9(10)12(14)17/h2-6,13H,7H2,1H3,(H,15,16)/b8-6-. The van der Waals surface area contributed by atoms with Crippen molar-refractivity contribution >= 4 is 17.6 Å². The fourth-order valence-corrected chi connectivity index (χ4v) is 1.75. The maximum atomic E-state index is 12.0. The molecule has 1 amide bonds. The van der Waals surface area contributed by atoms with Crippen LogP contribution in [0.3, 0.4) is 0 Å². The van der Waals surface area contributed by atoms with E-state index >= 15 is 0 Å². The van der Waals surface area contributed by atoms with Crippen LogP contribution >= 0.6 is 0 Å². The van der Waals surface area contributed by atoms with Gasteiger partial charge in [-0.05, 0) is 12.1 Å². The minimum atomic E-state index is -1.03. The molecular weight excluding hydrogens is 220 g/mol. The second kappa shape index (κ2) is 4.29. The summed E-state index contributed by atoms with van der Waals surface area (Å²) in [5.74, 6) is -1.16. The summed E-state index contributed by atoms with van der Waals surface area (Å²) < 4.78 is 0. The number of fused-ring (bicyclic) bond motifs is 1. The molecule has 1 aromatic carbocycles. The zero-order valence-corrected chi connectivity index (χ0v) is 9.30. The predicted octanol–water partition coefficient (Wildman–Crippen LogP) is 1.15. The largest absolute Gasteiger partial charge is 0.478 e. The molecule has 1 heterocycles. The molecule has 0 bridgehead atoms. The fourth-order valence-electron chi connectivity index (χ4n) is 1.75. The number of hydrogen-bond donors (Lipinski definition) is 2. The minimum Gasteiger partial charge on any atom is -0.478 e. The van der Waals surface area contributed by atoms with Crippen molar-refractivity contribution in [2.45, 2.75) is 0 Å². The smallest absolute Gasteiger partial charge is 0.330 e. The average molecular weight is 232 g/mol. The lowest BCUT2D eigenvalue weighted by Crippen LogP contribution is -2.27. The number of amides is 1. The third kappa shape index (κ3) is 2.28. The topological polar surface area (TPSA) is 69.6 Å². The van der Waals surface area contributed by atoms with Gasteiger partial charge in [0, 0.05) is 18.8 Å². The molecule has 5 heteroatoms. The van der Waals surface area contributed by atoms with E-state index in [0.717, 1.165) is 6.08 Å². The van der Waals surface area contributed by atoms with Crippen LogP contribution < -0.4 is 5.32 Å². The van der Waals surface area contributed by atoms with Gasteiger partial charge in [0.2, 0.25) is 0 Å². The van der Waals surface area contributed by atoms with Crippen LogP contribution in [-0.4, -0.2) is 35.5 Å². The average Bonchev–Trinajstić information content (AvgIpc) is 2.37. The number of para-hydroxylation sites is 1. The first-order valence-corrected chi connectivity index (χ1v) is 5.13. The van der Waals surface area contributed by atoms with Crippen molar-refractivity contribution < 1.29 is 14.7 Å². The van der Waals surface area contributed by atoms with E-state index in [-0.39, 0.29) is 12.5 Å². The van der Waals surface area contributed by atoms with E-state index in [1.807, 2.05) is 0 Å². The highest BCUT2D eigenvalue weighted by molar-refractivity contribution is 6.01. The Bertz CT molecular complexity index is 508. The number of aliphatic carboxylic acids is 1. The van der Waals surface area contributed by atoms with Crippen LogP contribution in [0.1, 0.15) is 10.4 Å². The number of carbonyl (C=O) groups is 2. The molecule has 88 valence electrons. The molecule has 5 nitrogen and oxygen atoms in total. The van der Waals surface area contributed by atoms with Gasteiger partial charge in [-0.25, -0.2) is 4.79 Å². The Balaban J connectivity index is 2.45. The van der Waals surface area contributed by atoms with E-state index in [1.54, 1.807) is 31.3 Å². The molecule has 0 saturated heterocycles. The van der Waals surface area contributed by atoms with E-state index < -0.39 is 5.97 Å². The van der Waals surface area contributed by atoms with Crippen LogP contribution in [0.5, 0.6) is 0 Å². The van der Waals surface area contributed by atoms with E-state index in [0.29, 0.717) is 16.9 Å². The Morgan fingerprint density at radius 2 is 2.18 bits per heavy atom. The molecule has 0 aromatic heterocycles. The Hall–Kier alpha value is -2.30. The molecule has 0 radical (unpaired) electrons. The molecule has 0 aliphatic carbocycles. The molecule has 17 heavy (non-hydrogen) atoms. The van der Waals surface area contributed by atoms with Gasteiger partial charge in [-0.15, -0.1) is 0 Å². The van der Waals surface area contributed by atoms with Gasteiger partial charge >= 0.3 is 5.97 Å². The lowest BCUT2D eigenvalue weighted by molar-refractivity contribution is -0.131. The number of anilines is 1. The molecule has 0 spiro atoms. The van der Waals surface area contributed by atoms with Crippen molar-refractivity contribution in [2.75, 3.05) is 18.9 Å². The van der Waals surface area contributed by atoms with E-state index in [2.05, 4.69) is 5.32 Å². The molecule has 0 saturated carbocycles. The Kier molecular flexibility index (Phi) is 2.82. The number of benzene rings is 1. The van der Waals surface area contributed by atoms with Gasteiger partial charge in [0.1, 0.15) is 0 Å². The molecule has 0 fully saturated rings. The van der Waals surface area contributed by atoms with Crippen molar-refractivity contribution in [1.29, 1.82) is 0 Å². The number of rotatable bonds is 1. The molecule has 0 atom stereocenters. The highest BCUT2D eigenvalue weighted by atomic mass is 16.4. The Morgan fingerprint density at radius 1 is 1.47 bits per heavy atom. The van der Waals surface area contributed by atoms with Gasteiger partial charge in [-0.2, -0.15) is 0 Å². The first-order valence-electron chi connectivity index (χ1n) is 5.13. The van der Waals surface area contributed by atoms with E-state index in [9.17, 15) is 9.59 Å². The maximum absolute atomic E-state index is 12.0. The van der Waals surface area contributed by atoms with Crippen LogP contribution in [0.25, 0.3) is 0 Å². The summed E-state index contributed by atoms with van der Waals surface area (Å²) in [6, 6.07) is 7.04. The number of nitrogens with zero attached hydrogens (tertiary/aromatic N) is 1. The summed E-state index contributed by atoms with van der Waals surface area (Å²) in [6.07, 6.45) is 1.08. The zero-order chi connectivity index (χ0) is 12.4. The third-order valence-electron chi connectivity index (χ3n) is 2.50. The van der Waals surface area contributed by atoms with Gasteiger partial charge in [-0.3, -0.25) is 4.79 Å². The lowest BCUT2D eigenvalue weighted by atomic mass is 10.1. The number of likely N-dealkylation sites (N-methyl/N-ethyl adjacent to an activating group) is 1. The first-order chi connectivity index (χ1) is 8.08. The Morgan fingerprint density at radius 3 is 2.88 bits per heavy atom. The summed E-state index contributed by atoms with van der Waals surface area (Å²) in [5, 5.41) is 11.7. The fraction of sp³-hybridized carbons (Fsp3) is 0.167. The SMILES string of the molecule is CN1C/C(=C/C(=O)O)Nc2ccccc2C1=O. The van der Waals surface area contributed by atoms with Crippen LogP contribution in [0.2, 0.25) is 0 Å². The third-order valence-corrected chi connectivity index (χ3v) is 2.50. The molecular formula is C12H12N2O3. The monoisotopic (exact) mass is 232 g/mol. The van der Waals surface area contributed by atoms with Crippen LogP contribution in [0.15, 0.2) is 36.0 Å². The summed E-state index contributed by atoms with van der Waals surface area (Å²) in [5.41, 5.74) is 1.66. The van der Waals surface area contributed by atoms with Crippen molar-refractivity contribution in [2.24, 2.45) is 0 Å². The van der Waals surface area contributed by atoms with Crippen LogP contribution in [0.4, 0.5) is 5.69 Å². The van der Waals surface area contributed by atoms with Crippen molar-refractivity contribution in [1.82, 2.24) is 4.90 Å². The summed E-state index contributed by atoms with van der Waals surface area (Å²) in [4.78, 5) is 24.1. The van der Waals surface area contributed by atoms with Crippen LogP contribution in [-0.2, 0) is 4.79 Å². The number of hydrogen-bond acceptors (Lipinski definition) is 3. The molecule has 1 aliphatic heterocycles. The van der Waals surface area contributed by atoms with Gasteiger partial charge < -0.3 is 15.3 Å². The predicted molar refractivity (Wildman–Crippen MR) is 62.7 cm³/mol. The molecule has 2 N–H and O–H groups in total. The lowest BCUT2D eigenvalue weighted by Gasteiger charge is -2.14. The van der Waals surface area contributed by atoms with Gasteiger partial charge in [0.05, 0.1) is 17.8 Å². The second-order valence-corrected chi connectivity index (χ2v) is 3.84. The maximum Gasteiger partial charge on any atom is 0.330 e. The quantitative estimate of drug-likeness (QED) is 0.713. The second-order valence-electron chi connectivity index (χ2n) is 3.84. The number of nitrogens with one attached hydrogen (secondary N) is 1. The number of carboxylic acid groups (broad SMARTS) is 1. The highest BCUT2D eigenvalue weighted by Crippen LogP contribution is 2.22. The number of carbonyl (C=O) groups excluding carboxylic acids is 1. The van der Waals surface area contributed by atoms with E-state index in [1.165, 1.54) is 4.90 Å². The van der Waals surface area contributed by atoms with Gasteiger partial charge in [0.15, 0.2) is 0 Å². The van der Waals surface area contributed by atoms with Crippen molar-refractivity contribution in [3.05, 3.63) is 41.6 Å². The van der Waals surface area contributed by atoms with Gasteiger partial charge in [0.25, 0.3) is 5.91 Å². The number of carboxylic acids is 1. The normalized spacial score (nSPS) is 17.4. The summed E-state index contributed by atoms with van der Waals surface area (Å²) in [7, 11) is 1.64. The van der Waals surface area contributed by atoms with E-state index in [4.69, 9.17) is 5.11 Å². The molecule has 2 rings (SSSR count). The van der Waals surface area contributed by atoms with Crippen LogP contribution in [0, 0.1) is 0 Å². The molecule has 1 aromatic rings.